The number of ether oxygens (including phenoxy) is 3. The van der Waals surface area contributed by atoms with Crippen LogP contribution in [0.1, 0.15) is 13.8 Å². The van der Waals surface area contributed by atoms with E-state index in [4.69, 9.17) is 62.6 Å². The van der Waals surface area contributed by atoms with Gasteiger partial charge in [-0.25, -0.2) is 0 Å². The van der Waals surface area contributed by atoms with Gasteiger partial charge in [-0.1, -0.05) is 40.9 Å². The molecule has 0 aliphatic carbocycles. The molecule has 0 aliphatic rings. The normalized spacial score (nSPS) is 17.0. The molecule has 0 radical (unpaired) electrons. The number of nitrogens with one attached hydrogen (secondary N) is 1. The Kier molecular flexibility index (Phi) is 3.41. The van der Waals surface area contributed by atoms with E-state index in [9.17, 15) is 0 Å². The van der Waals surface area contributed by atoms with E-state index in [-0.39, 0.29) is 24.5 Å². The van der Waals surface area contributed by atoms with Crippen LogP contribution in [-0.4, -0.2) is 30.4 Å². The number of benzene rings is 1. The standard InChI is InChI=1S/C12H14Cl3NO3/c1-17-9-4-3-8(7-10(9)18-2)5-6-19-11(16)12(13,14)15/h3-4,7,16H,5-6H2,1-2H3/i1D3,2D3. The van der Waals surface area contributed by atoms with Crippen LogP contribution in [0, 0.1) is 5.41 Å². The van der Waals surface area contributed by atoms with Gasteiger partial charge in [0.2, 0.25) is 5.90 Å². The predicted octanol–water partition coefficient (Wildman–Crippen LogP) is 3.61. The highest BCUT2D eigenvalue weighted by molar-refractivity contribution is 6.76. The van der Waals surface area contributed by atoms with E-state index >= 15 is 0 Å². The van der Waals surface area contributed by atoms with Crippen LogP contribution in [0.3, 0.4) is 0 Å². The third kappa shape index (κ3) is 4.97. The Morgan fingerprint density at radius 3 is 2.58 bits per heavy atom. The first-order chi connectivity index (χ1) is 11.2. The lowest BCUT2D eigenvalue weighted by Crippen LogP contribution is -2.22. The molecule has 0 unspecified atom stereocenters. The number of halogens is 3. The Hall–Kier alpha value is -0.840. The number of hydrogen-bond donors (Lipinski definition) is 1. The highest BCUT2D eigenvalue weighted by Gasteiger charge is 2.28. The summed E-state index contributed by atoms with van der Waals surface area (Å²) in [5, 5.41) is 7.40. The summed E-state index contributed by atoms with van der Waals surface area (Å²) in [6.45, 7) is -0.0283. The average molecular weight is 333 g/mol. The zero-order valence-electron chi connectivity index (χ0n) is 15.5. The molecular weight excluding hydrogens is 312 g/mol. The van der Waals surface area contributed by atoms with E-state index in [1.54, 1.807) is 0 Å². The molecule has 7 heteroatoms. The third-order valence-corrected chi connectivity index (χ3v) is 2.64. The van der Waals surface area contributed by atoms with Crippen molar-refractivity contribution < 1.29 is 22.4 Å². The molecule has 1 rings (SSSR count). The minimum absolute atomic E-state index is 0.0283. The van der Waals surface area contributed by atoms with Crippen LogP contribution in [0.25, 0.3) is 0 Å². The van der Waals surface area contributed by atoms with Gasteiger partial charge in [-0.15, -0.1) is 0 Å². The predicted molar refractivity (Wildman–Crippen MR) is 77.2 cm³/mol. The Balaban J connectivity index is 2.88. The molecule has 1 aromatic carbocycles. The fourth-order valence-corrected chi connectivity index (χ4v) is 1.39. The first kappa shape index (κ1) is 9.16. The maximum absolute atomic E-state index is 7.40. The van der Waals surface area contributed by atoms with Crippen LogP contribution in [-0.2, 0) is 11.2 Å². The number of methoxy groups -OCH3 is 2. The Morgan fingerprint density at radius 1 is 1.26 bits per heavy atom. The summed E-state index contributed by atoms with van der Waals surface area (Å²) >= 11 is 16.4. The molecule has 4 nitrogen and oxygen atoms in total. The molecule has 0 heterocycles. The number of hydrogen-bond acceptors (Lipinski definition) is 4. The molecule has 0 atom stereocenters. The van der Waals surface area contributed by atoms with Gasteiger partial charge < -0.3 is 14.2 Å². The average Bonchev–Trinajstić information content (AvgIpc) is 2.37. The molecule has 0 fully saturated rings. The molecule has 0 spiro atoms. The minimum atomic E-state index is -2.79. The molecule has 0 bridgehead atoms. The zero-order valence-corrected chi connectivity index (χ0v) is 11.8. The van der Waals surface area contributed by atoms with Gasteiger partial charge in [0.1, 0.15) is 0 Å². The fourth-order valence-electron chi connectivity index (χ4n) is 1.22. The molecule has 106 valence electrons. The van der Waals surface area contributed by atoms with Gasteiger partial charge in [-0.2, -0.15) is 0 Å². The molecular formula is C12H14Cl3NO3. The van der Waals surface area contributed by atoms with Crippen molar-refractivity contribution in [3.05, 3.63) is 23.8 Å². The maximum atomic E-state index is 7.40. The Bertz CT molecular complexity index is 616. The van der Waals surface area contributed by atoms with Crippen molar-refractivity contribution in [3.8, 4) is 11.5 Å². The van der Waals surface area contributed by atoms with Gasteiger partial charge in [0.25, 0.3) is 3.79 Å². The van der Waals surface area contributed by atoms with E-state index in [2.05, 4.69) is 0 Å². The van der Waals surface area contributed by atoms with Crippen molar-refractivity contribution in [1.29, 1.82) is 5.41 Å². The van der Waals surface area contributed by atoms with E-state index in [0.29, 0.717) is 5.56 Å². The first-order valence-corrected chi connectivity index (χ1v) is 6.10. The lowest BCUT2D eigenvalue weighted by atomic mass is 10.1. The number of alkyl halides is 3. The summed E-state index contributed by atoms with van der Waals surface area (Å²) in [4.78, 5) is 0. The van der Waals surface area contributed by atoms with Gasteiger partial charge in [-0.3, -0.25) is 5.41 Å². The second-order valence-corrected chi connectivity index (χ2v) is 5.69. The molecule has 0 saturated carbocycles. The lowest BCUT2D eigenvalue weighted by molar-refractivity contribution is 0.299. The first-order valence-electron chi connectivity index (χ1n) is 7.97. The van der Waals surface area contributed by atoms with Crippen LogP contribution in [0.2, 0.25) is 0 Å². The zero-order chi connectivity index (χ0) is 19.5. The molecule has 19 heavy (non-hydrogen) atoms. The van der Waals surface area contributed by atoms with Crippen LogP contribution >= 0.6 is 34.8 Å². The van der Waals surface area contributed by atoms with Crippen LogP contribution in [0.5, 0.6) is 11.5 Å². The van der Waals surface area contributed by atoms with Gasteiger partial charge in [0.05, 0.1) is 28.9 Å². The van der Waals surface area contributed by atoms with E-state index in [1.165, 1.54) is 18.2 Å². The van der Waals surface area contributed by atoms with Crippen LogP contribution in [0.4, 0.5) is 0 Å². The Morgan fingerprint density at radius 2 is 1.95 bits per heavy atom. The second-order valence-electron chi connectivity index (χ2n) is 3.41. The van der Waals surface area contributed by atoms with E-state index < -0.39 is 23.8 Å². The largest absolute Gasteiger partial charge is 0.493 e. The minimum Gasteiger partial charge on any atom is -0.493 e. The van der Waals surface area contributed by atoms with E-state index in [1.807, 2.05) is 0 Å². The molecule has 0 aliphatic heterocycles. The van der Waals surface area contributed by atoms with Crippen molar-refractivity contribution in [2.75, 3.05) is 20.7 Å². The van der Waals surface area contributed by atoms with Gasteiger partial charge in [0, 0.05) is 6.42 Å². The number of rotatable bonds is 5. The highest BCUT2D eigenvalue weighted by atomic mass is 35.6. The summed E-state index contributed by atoms with van der Waals surface area (Å²) in [6.07, 6.45) is 0.217. The van der Waals surface area contributed by atoms with Crippen molar-refractivity contribution in [2.24, 2.45) is 0 Å². The van der Waals surface area contributed by atoms with Crippen LogP contribution < -0.4 is 9.47 Å². The third-order valence-electron chi connectivity index (χ3n) is 2.12. The van der Waals surface area contributed by atoms with Crippen LogP contribution in [0.15, 0.2) is 18.2 Å². The fraction of sp³-hybridized carbons (Fsp3) is 0.417. The summed E-state index contributed by atoms with van der Waals surface area (Å²) in [5.74, 6) is -1.06. The topological polar surface area (TPSA) is 51.5 Å². The maximum Gasteiger partial charge on any atom is 0.265 e. The molecule has 0 amide bonds. The van der Waals surface area contributed by atoms with Crippen molar-refractivity contribution in [3.63, 3.8) is 0 Å². The molecule has 1 aromatic rings. The van der Waals surface area contributed by atoms with E-state index in [0.717, 1.165) is 0 Å². The molecule has 0 saturated heterocycles. The molecule has 0 aromatic heterocycles. The monoisotopic (exact) mass is 331 g/mol. The van der Waals surface area contributed by atoms with Gasteiger partial charge in [-0.05, 0) is 17.7 Å². The second kappa shape index (κ2) is 7.08. The molecule has 1 N–H and O–H groups in total. The van der Waals surface area contributed by atoms with Crippen molar-refractivity contribution in [2.45, 2.75) is 10.2 Å². The van der Waals surface area contributed by atoms with Gasteiger partial charge >= 0.3 is 0 Å². The Labute approximate surface area is 135 Å². The smallest absolute Gasteiger partial charge is 0.265 e. The quantitative estimate of drug-likeness (QED) is 0.509. The van der Waals surface area contributed by atoms with Crippen molar-refractivity contribution >= 4 is 40.7 Å². The van der Waals surface area contributed by atoms with Crippen molar-refractivity contribution in [1.82, 2.24) is 0 Å². The highest BCUT2D eigenvalue weighted by Crippen LogP contribution is 2.29. The van der Waals surface area contributed by atoms with Gasteiger partial charge in [0.15, 0.2) is 11.5 Å². The lowest BCUT2D eigenvalue weighted by Gasteiger charge is -2.14. The summed E-state index contributed by atoms with van der Waals surface area (Å²) in [7, 11) is -5.56. The summed E-state index contributed by atoms with van der Waals surface area (Å²) in [5.41, 5.74) is 0.536. The summed E-state index contributed by atoms with van der Waals surface area (Å²) in [6, 6.07) is 4.06. The SMILES string of the molecule is [2H]C([2H])([2H])Oc1ccc(CCOC(=N)C(Cl)(Cl)Cl)cc1OC([2H])([2H])[2H]. The summed E-state index contributed by atoms with van der Waals surface area (Å²) < 4.78 is 55.3.